The van der Waals surface area contributed by atoms with Gasteiger partial charge in [0.2, 0.25) is 0 Å². The number of amides is 2. The van der Waals surface area contributed by atoms with Gasteiger partial charge in [-0.15, -0.1) is 34.4 Å². The Morgan fingerprint density at radius 1 is 1.35 bits per heavy atom. The standard InChI is InChI=1S/C20H20N6O7S4/c1-7-10(3-11(27)28)37-20(22-7)36-5-8-4-34-17-13(16(30)26(17)14(8)18(31)32)24-15(29)12(25-33-2)9-6-35-19(21)23-9/h6,13,17H,3-5H2,1-2H3,(H2,21,23)(H,24,29)(H,27,28)(H,31,32)/b25-12+/t13-,17+/m1/s1. The average Bonchev–Trinajstić information content (AvgIpc) is 3.42. The Balaban J connectivity index is 1.47. The number of carboxylic acids is 2. The van der Waals surface area contributed by atoms with Gasteiger partial charge in [-0.3, -0.25) is 19.3 Å². The number of aliphatic carboxylic acids is 2. The summed E-state index contributed by atoms with van der Waals surface area (Å²) < 4.78 is 0.617. The molecule has 1 fully saturated rings. The van der Waals surface area contributed by atoms with Crippen LogP contribution in [0, 0.1) is 6.92 Å². The number of thioether (sulfide) groups is 2. The number of carbonyl (C=O) groups is 4. The van der Waals surface area contributed by atoms with E-state index < -0.39 is 35.2 Å². The van der Waals surface area contributed by atoms with E-state index in [0.29, 0.717) is 26.2 Å². The first kappa shape index (κ1) is 26.9. The largest absolute Gasteiger partial charge is 0.481 e. The number of aromatic nitrogens is 2. The Bertz CT molecular complexity index is 1340. The highest BCUT2D eigenvalue weighted by Crippen LogP contribution is 2.42. The van der Waals surface area contributed by atoms with Gasteiger partial charge in [-0.2, -0.15) is 0 Å². The van der Waals surface area contributed by atoms with Crippen molar-refractivity contribution in [2.75, 3.05) is 24.3 Å². The van der Waals surface area contributed by atoms with Gasteiger partial charge in [0.1, 0.15) is 29.9 Å². The van der Waals surface area contributed by atoms with Crippen molar-refractivity contribution < 1.29 is 34.2 Å². The average molecular weight is 585 g/mol. The van der Waals surface area contributed by atoms with Crippen LogP contribution < -0.4 is 11.1 Å². The second-order valence-electron chi connectivity index (χ2n) is 7.66. The third-order valence-electron chi connectivity index (χ3n) is 5.25. The van der Waals surface area contributed by atoms with Gasteiger partial charge in [0, 0.05) is 21.8 Å². The number of aryl methyl sites for hydroxylation is 1. The molecule has 4 rings (SSSR count). The van der Waals surface area contributed by atoms with Crippen molar-refractivity contribution in [2.45, 2.75) is 29.1 Å². The molecule has 2 amide bonds. The third-order valence-corrected chi connectivity index (χ3v) is 9.65. The molecule has 0 aromatic carbocycles. The van der Waals surface area contributed by atoms with Crippen LogP contribution in [0.25, 0.3) is 0 Å². The van der Waals surface area contributed by atoms with Crippen molar-refractivity contribution in [3.8, 4) is 0 Å². The smallest absolute Gasteiger partial charge is 0.352 e. The lowest BCUT2D eigenvalue weighted by Crippen LogP contribution is -2.71. The molecule has 0 bridgehead atoms. The Morgan fingerprint density at radius 2 is 2.11 bits per heavy atom. The molecule has 37 heavy (non-hydrogen) atoms. The summed E-state index contributed by atoms with van der Waals surface area (Å²) in [4.78, 5) is 63.9. The number of nitrogens with zero attached hydrogens (tertiary/aromatic N) is 4. The second kappa shape index (κ2) is 11.1. The molecule has 0 unspecified atom stereocenters. The minimum absolute atomic E-state index is 0.121. The fraction of sp³-hybridized carbons (Fsp3) is 0.350. The maximum absolute atomic E-state index is 13.0. The van der Waals surface area contributed by atoms with Gasteiger partial charge in [-0.1, -0.05) is 16.9 Å². The van der Waals surface area contributed by atoms with E-state index in [1.165, 1.54) is 52.3 Å². The van der Waals surface area contributed by atoms with Crippen LogP contribution in [0.2, 0.25) is 0 Å². The Morgan fingerprint density at radius 3 is 2.73 bits per heavy atom. The van der Waals surface area contributed by atoms with Crippen LogP contribution in [0.1, 0.15) is 16.3 Å². The number of nitrogens with one attached hydrogen (secondary N) is 1. The number of nitrogens with two attached hydrogens (primary N) is 1. The highest BCUT2D eigenvalue weighted by atomic mass is 32.2. The molecular weight excluding hydrogens is 565 g/mol. The lowest BCUT2D eigenvalue weighted by molar-refractivity contribution is -0.150. The molecule has 2 aromatic heterocycles. The van der Waals surface area contributed by atoms with Crippen molar-refractivity contribution in [1.29, 1.82) is 0 Å². The first-order valence-electron chi connectivity index (χ1n) is 10.4. The van der Waals surface area contributed by atoms with E-state index in [0.717, 1.165) is 11.3 Å². The van der Waals surface area contributed by atoms with Gasteiger partial charge in [0.15, 0.2) is 15.2 Å². The van der Waals surface area contributed by atoms with Crippen LogP contribution in [-0.2, 0) is 30.4 Å². The molecule has 2 aliphatic heterocycles. The van der Waals surface area contributed by atoms with Crippen molar-refractivity contribution in [1.82, 2.24) is 20.2 Å². The molecule has 2 aliphatic rings. The van der Waals surface area contributed by atoms with Crippen molar-refractivity contribution >= 4 is 80.8 Å². The van der Waals surface area contributed by atoms with E-state index in [9.17, 15) is 24.3 Å². The molecule has 1 saturated heterocycles. The number of carbonyl (C=O) groups excluding carboxylic acids is 2. The third kappa shape index (κ3) is 5.58. The van der Waals surface area contributed by atoms with Crippen molar-refractivity contribution in [3.05, 3.63) is 32.9 Å². The summed E-state index contributed by atoms with van der Waals surface area (Å²) in [6.45, 7) is 1.72. The lowest BCUT2D eigenvalue weighted by Gasteiger charge is -2.49. The Kier molecular flexibility index (Phi) is 8.05. The van der Waals surface area contributed by atoms with Gasteiger partial charge in [0.25, 0.3) is 11.8 Å². The van der Waals surface area contributed by atoms with Crippen molar-refractivity contribution in [3.63, 3.8) is 0 Å². The van der Waals surface area contributed by atoms with E-state index in [1.54, 1.807) is 6.92 Å². The number of carboxylic acid groups (broad SMARTS) is 2. The summed E-state index contributed by atoms with van der Waals surface area (Å²) in [5, 5.41) is 26.3. The topological polar surface area (TPSA) is 197 Å². The van der Waals surface area contributed by atoms with Gasteiger partial charge in [-0.05, 0) is 12.5 Å². The van der Waals surface area contributed by atoms with Crippen LogP contribution in [0.5, 0.6) is 0 Å². The van der Waals surface area contributed by atoms with E-state index in [1.807, 2.05) is 0 Å². The highest BCUT2D eigenvalue weighted by molar-refractivity contribution is 8.01. The first-order valence-corrected chi connectivity index (χ1v) is 14.2. The summed E-state index contributed by atoms with van der Waals surface area (Å²) in [6.07, 6.45) is -0.132. The van der Waals surface area contributed by atoms with E-state index in [2.05, 4.69) is 20.4 Å². The predicted octanol–water partition coefficient (Wildman–Crippen LogP) is 0.999. The minimum atomic E-state index is -1.25. The summed E-state index contributed by atoms with van der Waals surface area (Å²) >= 11 is 4.98. The van der Waals surface area contributed by atoms with Gasteiger partial charge in [-0.25, -0.2) is 14.8 Å². The quantitative estimate of drug-likeness (QED) is 0.134. The Hall–Kier alpha value is -3.15. The number of rotatable bonds is 10. The fourth-order valence-electron chi connectivity index (χ4n) is 3.61. The number of oxime groups is 1. The lowest BCUT2D eigenvalue weighted by atomic mass is 10.0. The predicted molar refractivity (Wildman–Crippen MR) is 139 cm³/mol. The van der Waals surface area contributed by atoms with E-state index in [-0.39, 0.29) is 34.4 Å². The maximum atomic E-state index is 13.0. The van der Waals surface area contributed by atoms with Crippen molar-refractivity contribution in [2.24, 2.45) is 5.16 Å². The molecule has 196 valence electrons. The number of β-lactam (4-membered cyclic amide) rings is 1. The van der Waals surface area contributed by atoms with Crippen LogP contribution in [0.15, 0.2) is 26.1 Å². The number of hydrogen-bond donors (Lipinski definition) is 4. The molecule has 0 radical (unpaired) electrons. The molecular formula is C20H20N6O7S4. The number of fused-ring (bicyclic) bond motifs is 1. The zero-order valence-corrected chi connectivity index (χ0v) is 22.6. The molecule has 13 nitrogen and oxygen atoms in total. The molecule has 5 N–H and O–H groups in total. The second-order valence-corrected chi connectivity index (χ2v) is 12.0. The summed E-state index contributed by atoms with van der Waals surface area (Å²) in [6, 6.07) is -0.959. The molecule has 2 atom stereocenters. The van der Waals surface area contributed by atoms with E-state index in [4.69, 9.17) is 15.7 Å². The Labute approximate surface area is 226 Å². The maximum Gasteiger partial charge on any atom is 0.352 e. The summed E-state index contributed by atoms with van der Waals surface area (Å²) in [7, 11) is 1.26. The van der Waals surface area contributed by atoms with Crippen LogP contribution >= 0.6 is 46.2 Å². The normalized spacial score (nSPS) is 19.4. The molecule has 0 spiro atoms. The number of hydrogen-bond acceptors (Lipinski definition) is 13. The molecule has 0 aliphatic carbocycles. The van der Waals surface area contributed by atoms with Gasteiger partial charge >= 0.3 is 11.9 Å². The molecule has 17 heteroatoms. The summed E-state index contributed by atoms with van der Waals surface area (Å²) in [5.41, 5.74) is 6.70. The zero-order valence-electron chi connectivity index (χ0n) is 19.3. The van der Waals surface area contributed by atoms with Crippen LogP contribution in [0.3, 0.4) is 0 Å². The SMILES string of the molecule is CO/N=C(/C(=O)N[C@@H]1C(=O)N2C(C(=O)O)=C(CSc3nc(C)c(CC(=O)O)s3)CS[C@@H]12)c1csc(N)n1. The number of nitrogen functional groups attached to an aromatic ring is 1. The summed E-state index contributed by atoms with van der Waals surface area (Å²) in [5.74, 6) is -2.89. The van der Waals surface area contributed by atoms with Gasteiger partial charge in [0.05, 0.1) is 12.1 Å². The molecule has 4 heterocycles. The monoisotopic (exact) mass is 584 g/mol. The number of thiazole rings is 2. The molecule has 2 aromatic rings. The van der Waals surface area contributed by atoms with E-state index >= 15 is 0 Å². The number of anilines is 1. The van der Waals surface area contributed by atoms with Crippen LogP contribution in [-0.4, -0.2) is 84.6 Å². The van der Waals surface area contributed by atoms with Crippen LogP contribution in [0.4, 0.5) is 5.13 Å². The molecule has 0 saturated carbocycles. The fourth-order valence-corrected chi connectivity index (χ4v) is 7.87. The minimum Gasteiger partial charge on any atom is -0.481 e. The zero-order chi connectivity index (χ0) is 26.9. The highest BCUT2D eigenvalue weighted by Gasteiger charge is 2.54. The first-order chi connectivity index (χ1) is 17.6. The van der Waals surface area contributed by atoms with Gasteiger partial charge < -0.3 is 26.1 Å².